The van der Waals surface area contributed by atoms with Crippen molar-refractivity contribution in [1.82, 2.24) is 15.1 Å². The van der Waals surface area contributed by atoms with Gasteiger partial charge >= 0.3 is 5.97 Å². The molecule has 0 radical (unpaired) electrons. The highest BCUT2D eigenvalue weighted by Crippen LogP contribution is 2.18. The Balaban J connectivity index is 2.07. The van der Waals surface area contributed by atoms with Crippen molar-refractivity contribution in [3.63, 3.8) is 0 Å². The largest absolute Gasteiger partial charge is 0.480 e. The molecule has 0 atom stereocenters. The molecule has 1 N–H and O–H groups in total. The Morgan fingerprint density at radius 2 is 2.05 bits per heavy atom. The number of rotatable bonds is 7. The van der Waals surface area contributed by atoms with E-state index in [9.17, 15) is 9.18 Å². The standard InChI is InChI=1S/C14H16FN3O3/c1-2-7-18(9-13(19)20)8-12-16-17-14(21-12)10-3-5-11(15)6-4-10/h3-6H,2,7-9H2,1H3,(H,19,20). The number of carboxylic acid groups (broad SMARTS) is 1. The molecule has 1 heterocycles. The minimum atomic E-state index is -0.901. The van der Waals surface area contributed by atoms with Gasteiger partial charge in [0.2, 0.25) is 11.8 Å². The number of carbonyl (C=O) groups is 1. The Morgan fingerprint density at radius 3 is 2.67 bits per heavy atom. The lowest BCUT2D eigenvalue weighted by molar-refractivity contribution is -0.138. The summed E-state index contributed by atoms with van der Waals surface area (Å²) in [5.74, 6) is -0.614. The quantitative estimate of drug-likeness (QED) is 0.842. The summed E-state index contributed by atoms with van der Waals surface area (Å²) in [6, 6.07) is 5.72. The molecule has 1 aromatic heterocycles. The van der Waals surface area contributed by atoms with Crippen LogP contribution in [0.5, 0.6) is 0 Å². The first-order valence-electron chi connectivity index (χ1n) is 6.61. The van der Waals surface area contributed by atoms with E-state index in [1.165, 1.54) is 12.1 Å². The number of nitrogens with zero attached hydrogens (tertiary/aromatic N) is 3. The van der Waals surface area contributed by atoms with Crippen LogP contribution in [0.15, 0.2) is 28.7 Å². The summed E-state index contributed by atoms with van der Waals surface area (Å²) in [5, 5.41) is 16.6. The summed E-state index contributed by atoms with van der Waals surface area (Å²) in [5.41, 5.74) is 0.621. The Bertz CT molecular complexity index is 598. The van der Waals surface area contributed by atoms with E-state index < -0.39 is 5.97 Å². The van der Waals surface area contributed by atoms with Crippen LogP contribution in [-0.2, 0) is 11.3 Å². The fourth-order valence-corrected chi connectivity index (χ4v) is 1.94. The zero-order valence-corrected chi connectivity index (χ0v) is 11.6. The molecule has 21 heavy (non-hydrogen) atoms. The number of aliphatic carboxylic acids is 1. The van der Waals surface area contributed by atoms with Crippen LogP contribution in [0.1, 0.15) is 19.2 Å². The molecule has 2 rings (SSSR count). The Morgan fingerprint density at radius 1 is 1.33 bits per heavy atom. The molecule has 0 bridgehead atoms. The molecule has 0 saturated heterocycles. The van der Waals surface area contributed by atoms with Gasteiger partial charge in [-0.05, 0) is 37.2 Å². The summed E-state index contributed by atoms with van der Waals surface area (Å²) < 4.78 is 18.3. The third-order valence-corrected chi connectivity index (χ3v) is 2.82. The SMILES string of the molecule is CCCN(CC(=O)O)Cc1nnc(-c2ccc(F)cc2)o1. The third-order valence-electron chi connectivity index (χ3n) is 2.82. The second-order valence-corrected chi connectivity index (χ2v) is 4.61. The number of hydrogen-bond acceptors (Lipinski definition) is 5. The van der Waals surface area contributed by atoms with Crippen LogP contribution in [0.25, 0.3) is 11.5 Å². The van der Waals surface area contributed by atoms with Crippen LogP contribution in [0.2, 0.25) is 0 Å². The van der Waals surface area contributed by atoms with Crippen LogP contribution >= 0.6 is 0 Å². The average Bonchev–Trinajstić information content (AvgIpc) is 2.87. The van der Waals surface area contributed by atoms with Crippen molar-refractivity contribution in [3.05, 3.63) is 36.0 Å². The van der Waals surface area contributed by atoms with Gasteiger partial charge in [-0.25, -0.2) is 4.39 Å². The molecule has 2 aromatic rings. The fraction of sp³-hybridized carbons (Fsp3) is 0.357. The number of halogens is 1. The smallest absolute Gasteiger partial charge is 0.317 e. The van der Waals surface area contributed by atoms with Crippen LogP contribution in [0.4, 0.5) is 4.39 Å². The predicted molar refractivity (Wildman–Crippen MR) is 72.9 cm³/mol. The summed E-state index contributed by atoms with van der Waals surface area (Å²) in [6.07, 6.45) is 0.826. The molecule has 1 aromatic carbocycles. The van der Waals surface area contributed by atoms with Gasteiger partial charge in [-0.3, -0.25) is 9.69 Å². The van der Waals surface area contributed by atoms with Gasteiger partial charge in [0.05, 0.1) is 13.1 Å². The molecule has 0 aliphatic heterocycles. The second-order valence-electron chi connectivity index (χ2n) is 4.61. The first kappa shape index (κ1) is 15.1. The van der Waals surface area contributed by atoms with Crippen LogP contribution in [0.3, 0.4) is 0 Å². The molecule has 0 fully saturated rings. The first-order valence-corrected chi connectivity index (χ1v) is 6.61. The lowest BCUT2D eigenvalue weighted by Gasteiger charge is -2.16. The van der Waals surface area contributed by atoms with Gasteiger partial charge < -0.3 is 9.52 Å². The Kier molecular flexibility index (Phi) is 4.99. The molecule has 0 aliphatic carbocycles. The molecule has 0 aliphatic rings. The highest BCUT2D eigenvalue weighted by atomic mass is 19.1. The maximum Gasteiger partial charge on any atom is 0.317 e. The molecule has 0 spiro atoms. The second kappa shape index (κ2) is 6.94. The van der Waals surface area contributed by atoms with Gasteiger partial charge in [0.1, 0.15) is 5.82 Å². The molecule has 112 valence electrons. The maximum absolute atomic E-state index is 12.9. The maximum atomic E-state index is 12.9. The lowest BCUT2D eigenvalue weighted by Crippen LogP contribution is -2.30. The van der Waals surface area contributed by atoms with Crippen molar-refractivity contribution in [3.8, 4) is 11.5 Å². The number of carboxylic acids is 1. The van der Waals surface area contributed by atoms with E-state index in [1.807, 2.05) is 6.92 Å². The molecule has 7 heteroatoms. The predicted octanol–water partition coefficient (Wildman–Crippen LogP) is 2.17. The van der Waals surface area contributed by atoms with Gasteiger partial charge in [-0.1, -0.05) is 6.92 Å². The normalized spacial score (nSPS) is 11.0. The van der Waals surface area contributed by atoms with Crippen LogP contribution < -0.4 is 0 Å². The van der Waals surface area contributed by atoms with Crippen molar-refractivity contribution in [1.29, 1.82) is 0 Å². The van der Waals surface area contributed by atoms with Gasteiger partial charge in [-0.15, -0.1) is 10.2 Å². The van der Waals surface area contributed by atoms with E-state index in [2.05, 4.69) is 10.2 Å². The summed E-state index contributed by atoms with van der Waals surface area (Å²) in [7, 11) is 0. The summed E-state index contributed by atoms with van der Waals surface area (Å²) in [4.78, 5) is 12.5. The Hall–Kier alpha value is -2.28. The number of benzene rings is 1. The minimum absolute atomic E-state index is 0.0812. The van der Waals surface area contributed by atoms with Gasteiger partial charge in [-0.2, -0.15) is 0 Å². The Labute approximate surface area is 121 Å². The minimum Gasteiger partial charge on any atom is -0.480 e. The van der Waals surface area contributed by atoms with E-state index in [1.54, 1.807) is 17.0 Å². The monoisotopic (exact) mass is 293 g/mol. The fourth-order valence-electron chi connectivity index (χ4n) is 1.94. The zero-order chi connectivity index (χ0) is 15.2. The molecule has 6 nitrogen and oxygen atoms in total. The number of aromatic nitrogens is 2. The van der Waals surface area contributed by atoms with Crippen molar-refractivity contribution in [2.24, 2.45) is 0 Å². The molecular formula is C14H16FN3O3. The lowest BCUT2D eigenvalue weighted by atomic mass is 10.2. The van der Waals surface area contributed by atoms with Gasteiger partial charge in [0.15, 0.2) is 0 Å². The molecular weight excluding hydrogens is 277 g/mol. The highest BCUT2D eigenvalue weighted by Gasteiger charge is 2.14. The van der Waals surface area contributed by atoms with Crippen molar-refractivity contribution in [2.45, 2.75) is 19.9 Å². The van der Waals surface area contributed by atoms with Crippen molar-refractivity contribution >= 4 is 5.97 Å². The number of hydrogen-bond donors (Lipinski definition) is 1. The van der Waals surface area contributed by atoms with E-state index in [4.69, 9.17) is 9.52 Å². The van der Waals surface area contributed by atoms with Crippen LogP contribution in [-0.4, -0.2) is 39.3 Å². The van der Waals surface area contributed by atoms with Crippen molar-refractivity contribution < 1.29 is 18.7 Å². The molecule has 0 saturated carbocycles. The van der Waals surface area contributed by atoms with E-state index >= 15 is 0 Å². The van der Waals surface area contributed by atoms with Crippen LogP contribution in [0, 0.1) is 5.82 Å². The average molecular weight is 293 g/mol. The van der Waals surface area contributed by atoms with E-state index in [0.29, 0.717) is 18.0 Å². The van der Waals surface area contributed by atoms with E-state index in [0.717, 1.165) is 6.42 Å². The molecule has 0 unspecified atom stereocenters. The third kappa shape index (κ3) is 4.35. The first-order chi connectivity index (χ1) is 10.1. The van der Waals surface area contributed by atoms with Crippen molar-refractivity contribution in [2.75, 3.05) is 13.1 Å². The summed E-state index contributed by atoms with van der Waals surface area (Å²) in [6.45, 7) is 2.78. The van der Waals surface area contributed by atoms with E-state index in [-0.39, 0.29) is 24.8 Å². The topological polar surface area (TPSA) is 79.5 Å². The van der Waals surface area contributed by atoms with Gasteiger partial charge in [0.25, 0.3) is 0 Å². The zero-order valence-electron chi connectivity index (χ0n) is 11.6. The van der Waals surface area contributed by atoms with Gasteiger partial charge in [0, 0.05) is 5.56 Å². The summed E-state index contributed by atoms with van der Waals surface area (Å²) >= 11 is 0. The molecule has 0 amide bonds. The highest BCUT2D eigenvalue weighted by molar-refractivity contribution is 5.69.